The Balaban J connectivity index is 2.27. The second kappa shape index (κ2) is 4.43. The highest BCUT2D eigenvalue weighted by Crippen LogP contribution is 2.38. The zero-order valence-electron chi connectivity index (χ0n) is 10.8. The SMILES string of the molecule is O=c1[nH]c2ccc(O)c(-c3ccccn3)c2c2ccsc12. The van der Waals surface area contributed by atoms with Gasteiger partial charge in [0.25, 0.3) is 5.56 Å². The molecule has 0 bridgehead atoms. The van der Waals surface area contributed by atoms with Gasteiger partial charge in [0.05, 0.1) is 11.3 Å². The Morgan fingerprint density at radius 3 is 2.86 bits per heavy atom. The summed E-state index contributed by atoms with van der Waals surface area (Å²) in [6.45, 7) is 0. The lowest BCUT2D eigenvalue weighted by molar-refractivity contribution is 0.478. The molecule has 0 spiro atoms. The van der Waals surface area contributed by atoms with Gasteiger partial charge in [0.1, 0.15) is 10.4 Å². The summed E-state index contributed by atoms with van der Waals surface area (Å²) in [5.74, 6) is 0.153. The maximum atomic E-state index is 12.1. The van der Waals surface area contributed by atoms with Crippen LogP contribution in [0.5, 0.6) is 5.75 Å². The average Bonchev–Trinajstić information content (AvgIpc) is 2.99. The lowest BCUT2D eigenvalue weighted by Crippen LogP contribution is -2.04. The van der Waals surface area contributed by atoms with Gasteiger partial charge in [-0.1, -0.05) is 6.07 Å². The van der Waals surface area contributed by atoms with Crippen LogP contribution in [0, 0.1) is 0 Å². The molecule has 4 aromatic rings. The molecule has 0 aliphatic heterocycles. The van der Waals surface area contributed by atoms with Gasteiger partial charge in [-0.3, -0.25) is 9.78 Å². The molecule has 0 radical (unpaired) electrons. The molecule has 4 rings (SSSR count). The number of fused-ring (bicyclic) bond motifs is 3. The normalized spacial score (nSPS) is 11.2. The number of rotatable bonds is 1. The van der Waals surface area contributed by atoms with Gasteiger partial charge < -0.3 is 10.1 Å². The minimum absolute atomic E-state index is 0.106. The van der Waals surface area contributed by atoms with Crippen LogP contribution in [0.1, 0.15) is 0 Å². The lowest BCUT2D eigenvalue weighted by Gasteiger charge is -2.09. The molecule has 0 saturated heterocycles. The van der Waals surface area contributed by atoms with E-state index in [1.807, 2.05) is 29.6 Å². The zero-order chi connectivity index (χ0) is 14.4. The van der Waals surface area contributed by atoms with Crippen LogP contribution in [0.4, 0.5) is 0 Å². The zero-order valence-corrected chi connectivity index (χ0v) is 11.6. The van der Waals surface area contributed by atoms with Crippen LogP contribution in [0.3, 0.4) is 0 Å². The van der Waals surface area contributed by atoms with Crippen molar-refractivity contribution in [1.82, 2.24) is 9.97 Å². The number of benzene rings is 1. The standard InChI is InChI=1S/C16H10N2O2S/c19-12-5-4-11-13(14(12)10-3-1-2-7-17-10)9-6-8-21-15(9)16(20)18-11/h1-8,19H,(H,18,20). The fourth-order valence-electron chi connectivity index (χ4n) is 2.61. The summed E-state index contributed by atoms with van der Waals surface area (Å²) in [6, 6.07) is 10.8. The van der Waals surface area contributed by atoms with Crippen molar-refractivity contribution >= 4 is 32.3 Å². The number of H-pyrrole nitrogens is 1. The molecule has 0 unspecified atom stereocenters. The van der Waals surface area contributed by atoms with Gasteiger partial charge in [-0.05, 0) is 35.7 Å². The maximum absolute atomic E-state index is 12.1. The smallest absolute Gasteiger partial charge is 0.266 e. The monoisotopic (exact) mass is 294 g/mol. The highest BCUT2D eigenvalue weighted by molar-refractivity contribution is 7.17. The molecule has 2 N–H and O–H groups in total. The topological polar surface area (TPSA) is 66.0 Å². The maximum Gasteiger partial charge on any atom is 0.266 e. The first-order valence-electron chi connectivity index (χ1n) is 6.42. The molecule has 5 heteroatoms. The molecule has 0 saturated carbocycles. The summed E-state index contributed by atoms with van der Waals surface area (Å²) < 4.78 is 0.658. The van der Waals surface area contributed by atoms with Crippen LogP contribution in [0.25, 0.3) is 32.2 Å². The number of nitrogens with zero attached hydrogens (tertiary/aromatic N) is 1. The molecule has 0 atom stereocenters. The Morgan fingerprint density at radius 2 is 2.05 bits per heavy atom. The Kier molecular flexibility index (Phi) is 2.55. The second-order valence-corrected chi connectivity index (χ2v) is 5.63. The number of hydrogen-bond donors (Lipinski definition) is 2. The van der Waals surface area contributed by atoms with E-state index < -0.39 is 0 Å². The van der Waals surface area contributed by atoms with Gasteiger partial charge in [-0.2, -0.15) is 0 Å². The second-order valence-electron chi connectivity index (χ2n) is 4.71. The summed E-state index contributed by atoms with van der Waals surface area (Å²) in [6.07, 6.45) is 1.68. The molecule has 0 aliphatic rings. The van der Waals surface area contributed by atoms with Crippen LogP contribution in [0.15, 0.2) is 52.8 Å². The molecule has 4 nitrogen and oxygen atoms in total. The van der Waals surface area contributed by atoms with Crippen LogP contribution in [0.2, 0.25) is 0 Å². The van der Waals surface area contributed by atoms with Gasteiger partial charge in [0.2, 0.25) is 0 Å². The average molecular weight is 294 g/mol. The van der Waals surface area contributed by atoms with Gasteiger partial charge in [0.15, 0.2) is 0 Å². The van der Waals surface area contributed by atoms with Crippen molar-refractivity contribution in [2.24, 2.45) is 0 Å². The van der Waals surface area contributed by atoms with Crippen molar-refractivity contribution in [3.8, 4) is 17.0 Å². The van der Waals surface area contributed by atoms with E-state index in [1.54, 1.807) is 18.3 Å². The number of aromatic nitrogens is 2. The summed E-state index contributed by atoms with van der Waals surface area (Å²) in [5, 5.41) is 13.8. The van der Waals surface area contributed by atoms with E-state index in [2.05, 4.69) is 9.97 Å². The Labute approximate surface area is 123 Å². The number of phenolic OH excluding ortho intramolecular Hbond substituents is 1. The third-order valence-corrected chi connectivity index (χ3v) is 4.41. The predicted octanol–water partition coefficient (Wildman–Crippen LogP) is 3.51. The third kappa shape index (κ3) is 1.75. The number of pyridine rings is 2. The van der Waals surface area contributed by atoms with Crippen LogP contribution >= 0.6 is 11.3 Å². The number of thiophene rings is 1. The lowest BCUT2D eigenvalue weighted by atomic mass is 10.0. The summed E-state index contributed by atoms with van der Waals surface area (Å²) >= 11 is 1.39. The van der Waals surface area contributed by atoms with Crippen molar-refractivity contribution in [1.29, 1.82) is 0 Å². The summed E-state index contributed by atoms with van der Waals surface area (Å²) in [7, 11) is 0. The van der Waals surface area contributed by atoms with Gasteiger partial charge >= 0.3 is 0 Å². The molecule has 1 aromatic carbocycles. The van der Waals surface area contributed by atoms with E-state index in [0.29, 0.717) is 21.5 Å². The van der Waals surface area contributed by atoms with Crippen molar-refractivity contribution in [2.45, 2.75) is 0 Å². The number of aromatic amines is 1. The van der Waals surface area contributed by atoms with Crippen molar-refractivity contribution in [2.75, 3.05) is 0 Å². The largest absolute Gasteiger partial charge is 0.507 e. The fraction of sp³-hybridized carbons (Fsp3) is 0. The van der Waals surface area contributed by atoms with E-state index >= 15 is 0 Å². The first kappa shape index (κ1) is 12.1. The molecule has 3 heterocycles. The Morgan fingerprint density at radius 1 is 1.14 bits per heavy atom. The van der Waals surface area contributed by atoms with Crippen LogP contribution in [-0.4, -0.2) is 15.1 Å². The summed E-state index contributed by atoms with van der Waals surface area (Å²) in [4.78, 5) is 19.3. The van der Waals surface area contributed by atoms with Crippen molar-refractivity contribution in [3.05, 3.63) is 58.3 Å². The number of aromatic hydroxyl groups is 1. The van der Waals surface area contributed by atoms with Crippen molar-refractivity contribution < 1.29 is 5.11 Å². The van der Waals surface area contributed by atoms with E-state index in [4.69, 9.17) is 0 Å². The molecule has 0 aliphatic carbocycles. The highest BCUT2D eigenvalue weighted by atomic mass is 32.1. The Hall–Kier alpha value is -2.66. The fourth-order valence-corrected chi connectivity index (χ4v) is 3.40. The predicted molar refractivity (Wildman–Crippen MR) is 84.8 cm³/mol. The summed E-state index contributed by atoms with van der Waals surface area (Å²) in [5.41, 5.74) is 1.92. The Bertz CT molecular complexity index is 1020. The van der Waals surface area contributed by atoms with Gasteiger partial charge in [-0.15, -0.1) is 11.3 Å². The van der Waals surface area contributed by atoms with Crippen LogP contribution in [-0.2, 0) is 0 Å². The molecule has 21 heavy (non-hydrogen) atoms. The van der Waals surface area contributed by atoms with E-state index in [-0.39, 0.29) is 11.3 Å². The van der Waals surface area contributed by atoms with Crippen molar-refractivity contribution in [3.63, 3.8) is 0 Å². The molecular weight excluding hydrogens is 284 g/mol. The highest BCUT2D eigenvalue weighted by Gasteiger charge is 2.15. The molecule has 3 aromatic heterocycles. The van der Waals surface area contributed by atoms with E-state index in [0.717, 1.165) is 10.8 Å². The van der Waals surface area contributed by atoms with E-state index in [9.17, 15) is 9.90 Å². The number of hydrogen-bond acceptors (Lipinski definition) is 4. The molecule has 0 fully saturated rings. The first-order chi connectivity index (χ1) is 10.3. The minimum atomic E-state index is -0.106. The van der Waals surface area contributed by atoms with Gasteiger partial charge in [-0.25, -0.2) is 0 Å². The minimum Gasteiger partial charge on any atom is -0.507 e. The first-order valence-corrected chi connectivity index (χ1v) is 7.30. The molecule has 0 amide bonds. The quantitative estimate of drug-likeness (QED) is 0.564. The van der Waals surface area contributed by atoms with Crippen LogP contribution < -0.4 is 5.56 Å². The van der Waals surface area contributed by atoms with Gasteiger partial charge in [0, 0.05) is 22.5 Å². The third-order valence-electron chi connectivity index (χ3n) is 3.49. The number of nitrogens with one attached hydrogen (secondary N) is 1. The van der Waals surface area contributed by atoms with E-state index in [1.165, 1.54) is 11.3 Å². The molecule has 102 valence electrons. The molecular formula is C16H10N2O2S. The number of phenols is 1.